The summed E-state index contributed by atoms with van der Waals surface area (Å²) < 4.78 is 0. The molecule has 0 radical (unpaired) electrons. The molecule has 22 heavy (non-hydrogen) atoms. The van der Waals surface area contributed by atoms with Crippen LogP contribution in [0.25, 0.3) is 0 Å². The summed E-state index contributed by atoms with van der Waals surface area (Å²) in [6.45, 7) is 4.73. The van der Waals surface area contributed by atoms with Gasteiger partial charge in [0.15, 0.2) is 0 Å². The number of thioether (sulfide) groups is 1. The molecule has 2 rings (SSSR count). The van der Waals surface area contributed by atoms with Crippen LogP contribution in [0.4, 0.5) is 0 Å². The van der Waals surface area contributed by atoms with Crippen molar-refractivity contribution in [3.63, 3.8) is 0 Å². The summed E-state index contributed by atoms with van der Waals surface area (Å²) in [4.78, 5) is 16.5. The zero-order valence-corrected chi connectivity index (χ0v) is 14.3. The lowest BCUT2D eigenvalue weighted by atomic mass is 9.97. The van der Waals surface area contributed by atoms with Crippen molar-refractivity contribution in [2.24, 2.45) is 0 Å². The van der Waals surface area contributed by atoms with Crippen molar-refractivity contribution in [1.29, 1.82) is 0 Å². The van der Waals surface area contributed by atoms with Gasteiger partial charge in [0.25, 0.3) is 0 Å². The maximum absolute atomic E-state index is 12.1. The predicted molar refractivity (Wildman–Crippen MR) is 89.9 cm³/mol. The molecule has 0 bridgehead atoms. The van der Waals surface area contributed by atoms with Gasteiger partial charge in [-0.15, -0.1) is 5.10 Å². The lowest BCUT2D eigenvalue weighted by molar-refractivity contribution is -0.120. The number of aryl methyl sites for hydroxylation is 1. The summed E-state index contributed by atoms with van der Waals surface area (Å²) in [5.74, 6) is 0.949. The first-order chi connectivity index (χ1) is 10.7. The number of hydrogen-bond donors (Lipinski definition) is 2. The molecule has 1 atom stereocenters. The number of carbonyl (C=O) groups excluding carboxylic acids is 1. The monoisotopic (exact) mass is 322 g/mol. The molecule has 1 heterocycles. The van der Waals surface area contributed by atoms with Gasteiger partial charge in [0.1, 0.15) is 5.82 Å². The number of allylic oxidation sites excluding steroid dienone is 1. The van der Waals surface area contributed by atoms with Gasteiger partial charge in [-0.2, -0.15) is 0 Å². The molecule has 0 aromatic carbocycles. The van der Waals surface area contributed by atoms with Crippen LogP contribution in [0.2, 0.25) is 0 Å². The van der Waals surface area contributed by atoms with Crippen molar-refractivity contribution in [2.45, 2.75) is 69.2 Å². The Balaban J connectivity index is 1.70. The summed E-state index contributed by atoms with van der Waals surface area (Å²) in [6, 6.07) is 0. The van der Waals surface area contributed by atoms with Crippen LogP contribution in [-0.4, -0.2) is 32.9 Å². The summed E-state index contributed by atoms with van der Waals surface area (Å²) in [7, 11) is 0. The Morgan fingerprint density at radius 2 is 2.32 bits per heavy atom. The van der Waals surface area contributed by atoms with E-state index in [1.807, 2.05) is 6.92 Å². The van der Waals surface area contributed by atoms with Crippen molar-refractivity contribution >= 4 is 17.7 Å². The van der Waals surface area contributed by atoms with Crippen LogP contribution in [-0.2, 0) is 11.2 Å². The first kappa shape index (κ1) is 17.1. The van der Waals surface area contributed by atoms with E-state index < -0.39 is 0 Å². The first-order valence-electron chi connectivity index (χ1n) is 8.22. The SMILES string of the molecule is CCCc1nc(SC(C)C(=O)NCCC2=CCCCC2)n[nH]1. The van der Waals surface area contributed by atoms with E-state index in [-0.39, 0.29) is 11.2 Å². The molecule has 0 aliphatic heterocycles. The minimum absolute atomic E-state index is 0.0586. The zero-order chi connectivity index (χ0) is 15.8. The van der Waals surface area contributed by atoms with Gasteiger partial charge in [-0.05, 0) is 45.4 Å². The van der Waals surface area contributed by atoms with Crippen LogP contribution >= 0.6 is 11.8 Å². The number of hydrogen-bond acceptors (Lipinski definition) is 4. The number of aromatic amines is 1. The minimum atomic E-state index is -0.175. The van der Waals surface area contributed by atoms with Crippen LogP contribution in [0.5, 0.6) is 0 Å². The van der Waals surface area contributed by atoms with Gasteiger partial charge in [0.2, 0.25) is 11.1 Å². The van der Waals surface area contributed by atoms with E-state index in [9.17, 15) is 4.79 Å². The topological polar surface area (TPSA) is 70.7 Å². The molecule has 6 heteroatoms. The van der Waals surface area contributed by atoms with Crippen molar-refractivity contribution in [1.82, 2.24) is 20.5 Å². The van der Waals surface area contributed by atoms with Gasteiger partial charge in [-0.25, -0.2) is 4.98 Å². The quantitative estimate of drug-likeness (QED) is 0.569. The normalized spacial score (nSPS) is 16.2. The van der Waals surface area contributed by atoms with E-state index in [1.165, 1.54) is 43.0 Å². The standard InChI is InChI=1S/C16H26N4OS/c1-3-7-14-18-16(20-19-14)22-12(2)15(21)17-11-10-13-8-5-4-6-9-13/h8,12H,3-7,9-11H2,1-2H3,(H,17,21)(H,18,19,20). The molecule has 1 aromatic rings. The van der Waals surface area contributed by atoms with Crippen LogP contribution in [0.1, 0.15) is 58.2 Å². The van der Waals surface area contributed by atoms with E-state index in [4.69, 9.17) is 0 Å². The van der Waals surface area contributed by atoms with Crippen LogP contribution in [0.3, 0.4) is 0 Å². The number of amides is 1. The number of nitrogens with zero attached hydrogens (tertiary/aromatic N) is 2. The van der Waals surface area contributed by atoms with Gasteiger partial charge in [-0.3, -0.25) is 9.89 Å². The second-order valence-electron chi connectivity index (χ2n) is 5.72. The molecule has 5 nitrogen and oxygen atoms in total. The van der Waals surface area contributed by atoms with Crippen molar-refractivity contribution in [2.75, 3.05) is 6.54 Å². The third-order valence-corrected chi connectivity index (χ3v) is 4.74. The molecular formula is C16H26N4OS. The lowest BCUT2D eigenvalue weighted by Crippen LogP contribution is -2.32. The highest BCUT2D eigenvalue weighted by Gasteiger charge is 2.16. The van der Waals surface area contributed by atoms with E-state index >= 15 is 0 Å². The molecule has 1 aliphatic carbocycles. The fourth-order valence-corrected chi connectivity index (χ4v) is 3.28. The molecule has 0 saturated heterocycles. The Labute approximate surface area is 136 Å². The molecule has 122 valence electrons. The molecule has 2 N–H and O–H groups in total. The maximum Gasteiger partial charge on any atom is 0.233 e. The van der Waals surface area contributed by atoms with Gasteiger partial charge < -0.3 is 5.32 Å². The first-order valence-corrected chi connectivity index (χ1v) is 9.10. The van der Waals surface area contributed by atoms with Crippen LogP contribution in [0.15, 0.2) is 16.8 Å². The highest BCUT2D eigenvalue weighted by molar-refractivity contribution is 8.00. The molecule has 1 aliphatic rings. The zero-order valence-electron chi connectivity index (χ0n) is 13.5. The molecule has 0 saturated carbocycles. The molecule has 1 unspecified atom stereocenters. The Hall–Kier alpha value is -1.30. The smallest absolute Gasteiger partial charge is 0.233 e. The summed E-state index contributed by atoms with van der Waals surface area (Å²) >= 11 is 1.40. The highest BCUT2D eigenvalue weighted by atomic mass is 32.2. The molecule has 0 fully saturated rings. The average molecular weight is 322 g/mol. The highest BCUT2D eigenvalue weighted by Crippen LogP contribution is 2.21. The molecule has 0 spiro atoms. The number of H-pyrrole nitrogens is 1. The number of aromatic nitrogens is 3. The molecule has 1 aromatic heterocycles. The van der Waals surface area contributed by atoms with E-state index in [0.29, 0.717) is 5.16 Å². The Kier molecular flexibility index (Phi) is 6.96. The van der Waals surface area contributed by atoms with Crippen LogP contribution < -0.4 is 5.32 Å². The molecule has 1 amide bonds. The third kappa shape index (κ3) is 5.48. The Bertz CT molecular complexity index is 512. The van der Waals surface area contributed by atoms with Crippen molar-refractivity contribution in [3.8, 4) is 0 Å². The third-order valence-electron chi connectivity index (χ3n) is 3.78. The number of rotatable bonds is 8. The largest absolute Gasteiger partial charge is 0.355 e. The number of nitrogens with one attached hydrogen (secondary N) is 2. The van der Waals surface area contributed by atoms with Crippen molar-refractivity contribution < 1.29 is 4.79 Å². The van der Waals surface area contributed by atoms with E-state index in [2.05, 4.69) is 33.5 Å². The van der Waals surface area contributed by atoms with Crippen molar-refractivity contribution in [3.05, 3.63) is 17.5 Å². The average Bonchev–Trinajstić information content (AvgIpc) is 2.96. The molecular weight excluding hydrogens is 296 g/mol. The van der Waals surface area contributed by atoms with Gasteiger partial charge in [-0.1, -0.05) is 30.3 Å². The number of carbonyl (C=O) groups is 1. The van der Waals surface area contributed by atoms with E-state index in [1.54, 1.807) is 0 Å². The lowest BCUT2D eigenvalue weighted by Gasteiger charge is -2.14. The summed E-state index contributed by atoms with van der Waals surface area (Å²) in [5, 5.41) is 10.6. The Morgan fingerprint density at radius 3 is 3.05 bits per heavy atom. The van der Waals surface area contributed by atoms with Crippen LogP contribution in [0, 0.1) is 0 Å². The summed E-state index contributed by atoms with van der Waals surface area (Å²) in [6.07, 6.45) is 10.2. The fraction of sp³-hybridized carbons (Fsp3) is 0.688. The van der Waals surface area contributed by atoms with Gasteiger partial charge in [0.05, 0.1) is 5.25 Å². The predicted octanol–water partition coefficient (Wildman–Crippen LogP) is 3.24. The second-order valence-corrected chi connectivity index (χ2v) is 7.03. The second kappa shape index (κ2) is 8.98. The maximum atomic E-state index is 12.1. The van der Waals surface area contributed by atoms with Gasteiger partial charge in [0, 0.05) is 13.0 Å². The summed E-state index contributed by atoms with van der Waals surface area (Å²) in [5.41, 5.74) is 1.49. The minimum Gasteiger partial charge on any atom is -0.355 e. The van der Waals surface area contributed by atoms with Gasteiger partial charge >= 0.3 is 0 Å². The fourth-order valence-electron chi connectivity index (χ4n) is 2.51. The van der Waals surface area contributed by atoms with E-state index in [0.717, 1.165) is 31.6 Å². The Morgan fingerprint density at radius 1 is 1.45 bits per heavy atom.